The second-order valence-electron chi connectivity index (χ2n) is 8.15. The van der Waals surface area contributed by atoms with Crippen LogP contribution >= 0.6 is 22.6 Å². The second-order valence-corrected chi connectivity index (χ2v) is 13.6. The minimum Gasteiger partial charge on any atom is -0.411 e. The predicted octanol–water partition coefficient (Wildman–Crippen LogP) is 5.59. The van der Waals surface area contributed by atoms with Crippen molar-refractivity contribution in [3.05, 3.63) is 22.3 Å². The third-order valence-corrected chi connectivity index (χ3v) is 10.2. The van der Waals surface area contributed by atoms with Crippen LogP contribution in [0.15, 0.2) is 22.3 Å². The van der Waals surface area contributed by atoms with E-state index < -0.39 is 14.4 Å². The molecule has 0 aromatic rings. The monoisotopic (exact) mass is 466 g/mol. The molecule has 0 aromatic heterocycles. The zero-order valence-electron chi connectivity index (χ0n) is 16.1. The largest absolute Gasteiger partial charge is 0.411 e. The Morgan fingerprint density at radius 3 is 2.42 bits per heavy atom. The van der Waals surface area contributed by atoms with Crippen molar-refractivity contribution < 1.29 is 14.3 Å². The summed E-state index contributed by atoms with van der Waals surface area (Å²) in [5.74, 6) is 0. The minimum absolute atomic E-state index is 0.0208. The van der Waals surface area contributed by atoms with Crippen molar-refractivity contribution in [3.63, 3.8) is 0 Å². The molecule has 0 amide bonds. The van der Waals surface area contributed by atoms with Gasteiger partial charge in [-0.15, -0.1) is 0 Å². The van der Waals surface area contributed by atoms with E-state index >= 15 is 0 Å². The van der Waals surface area contributed by atoms with Crippen molar-refractivity contribution in [2.75, 3.05) is 0 Å². The molecule has 0 aromatic carbocycles. The van der Waals surface area contributed by atoms with Crippen molar-refractivity contribution in [1.29, 1.82) is 0 Å². The molecular formula is C19H35IO3Si. The fraction of sp³-hybridized carbons (Fsp3) is 0.789. The van der Waals surface area contributed by atoms with Gasteiger partial charge in [0.05, 0.1) is 24.4 Å². The summed E-state index contributed by atoms with van der Waals surface area (Å²) in [7, 11) is -1.88. The average Bonchev–Trinajstić information content (AvgIpc) is 2.55. The number of halogens is 1. The molecule has 0 saturated carbocycles. The summed E-state index contributed by atoms with van der Waals surface area (Å²) in [6.07, 6.45) is 8.93. The van der Waals surface area contributed by atoms with Crippen LogP contribution in [0.25, 0.3) is 0 Å². The average molecular weight is 466 g/mol. The second kappa shape index (κ2) is 9.85. The molecule has 140 valence electrons. The Hall–Kier alpha value is 0.307. The van der Waals surface area contributed by atoms with Crippen LogP contribution in [0.5, 0.6) is 0 Å². The molecule has 0 radical (unpaired) electrons. The highest BCUT2D eigenvalue weighted by atomic mass is 127. The first-order valence-electron chi connectivity index (χ1n) is 9.04. The molecule has 1 rings (SSSR count). The van der Waals surface area contributed by atoms with E-state index in [-0.39, 0.29) is 23.4 Å². The molecule has 0 fully saturated rings. The van der Waals surface area contributed by atoms with Gasteiger partial charge in [0.1, 0.15) is 0 Å². The van der Waals surface area contributed by atoms with E-state index in [9.17, 15) is 5.11 Å². The normalized spacial score (nSPS) is 31.5. The number of hydrogen-bond acceptors (Lipinski definition) is 3. The molecule has 1 aliphatic heterocycles. The van der Waals surface area contributed by atoms with Gasteiger partial charge in [-0.2, -0.15) is 0 Å². The molecule has 0 saturated heterocycles. The molecule has 1 aliphatic rings. The first kappa shape index (κ1) is 22.3. The van der Waals surface area contributed by atoms with E-state index in [4.69, 9.17) is 9.16 Å². The summed E-state index contributed by atoms with van der Waals surface area (Å²) in [6, 6.07) is 0. The third kappa shape index (κ3) is 6.55. The quantitative estimate of drug-likeness (QED) is 0.326. The van der Waals surface area contributed by atoms with E-state index in [0.717, 1.165) is 19.3 Å². The van der Waals surface area contributed by atoms with Gasteiger partial charge in [0, 0.05) is 0 Å². The van der Waals surface area contributed by atoms with Crippen LogP contribution in [0.1, 0.15) is 53.4 Å². The zero-order valence-corrected chi connectivity index (χ0v) is 19.2. The Morgan fingerprint density at radius 1 is 1.25 bits per heavy atom. The standard InChI is InChI=1S/C19H35IO3Si/c1-7-16-15(21)11-8-9-12-18(17(22-16)13-10-14-20)23-24(5,6)19(2,3)4/h8-10,14-18,21H,7,11-13H2,1-6H3/b9-8-,14-10-/t15-,16+,17+,18-/m1/s1. The molecule has 3 nitrogen and oxygen atoms in total. The highest BCUT2D eigenvalue weighted by Gasteiger charge is 2.41. The molecular weight excluding hydrogens is 431 g/mol. The molecule has 0 bridgehead atoms. The smallest absolute Gasteiger partial charge is 0.192 e. The molecule has 5 heteroatoms. The van der Waals surface area contributed by atoms with Gasteiger partial charge in [-0.1, -0.05) is 68.5 Å². The van der Waals surface area contributed by atoms with Crippen LogP contribution in [-0.2, 0) is 9.16 Å². The summed E-state index contributed by atoms with van der Waals surface area (Å²) in [5.41, 5.74) is 0. The van der Waals surface area contributed by atoms with Gasteiger partial charge in [0.2, 0.25) is 0 Å². The van der Waals surface area contributed by atoms with Crippen molar-refractivity contribution in [2.45, 2.75) is 95.9 Å². The van der Waals surface area contributed by atoms with Crippen LogP contribution in [0.3, 0.4) is 0 Å². The molecule has 24 heavy (non-hydrogen) atoms. The SMILES string of the molecule is CC[C@@H]1O[C@@H](C/C=C\I)[C@H](O[Si](C)(C)C(C)(C)C)C/C=C\C[C@H]1O. The van der Waals surface area contributed by atoms with E-state index in [0.29, 0.717) is 6.42 Å². The van der Waals surface area contributed by atoms with Gasteiger partial charge in [-0.3, -0.25) is 0 Å². The van der Waals surface area contributed by atoms with Crippen LogP contribution in [-0.4, -0.2) is 37.8 Å². The minimum atomic E-state index is -1.88. The fourth-order valence-corrected chi connectivity index (χ4v) is 4.26. The first-order valence-corrected chi connectivity index (χ1v) is 13.2. The van der Waals surface area contributed by atoms with Gasteiger partial charge >= 0.3 is 0 Å². The molecule has 0 aliphatic carbocycles. The highest BCUT2D eigenvalue weighted by molar-refractivity contribution is 14.1. The fourth-order valence-electron chi connectivity index (χ4n) is 2.61. The number of hydrogen-bond donors (Lipinski definition) is 1. The van der Waals surface area contributed by atoms with Gasteiger partial charge in [-0.25, -0.2) is 0 Å². The molecule has 4 atom stereocenters. The van der Waals surface area contributed by atoms with E-state index in [1.165, 1.54) is 0 Å². The van der Waals surface area contributed by atoms with Gasteiger partial charge in [-0.05, 0) is 47.9 Å². The summed E-state index contributed by atoms with van der Waals surface area (Å²) in [4.78, 5) is 0. The maximum atomic E-state index is 10.4. The number of rotatable bonds is 5. The van der Waals surface area contributed by atoms with Gasteiger partial charge < -0.3 is 14.3 Å². The van der Waals surface area contributed by atoms with Gasteiger partial charge in [0.25, 0.3) is 0 Å². The topological polar surface area (TPSA) is 38.7 Å². The third-order valence-electron chi connectivity index (χ3n) is 5.22. The molecule has 1 heterocycles. The van der Waals surface area contributed by atoms with Crippen molar-refractivity contribution in [3.8, 4) is 0 Å². The van der Waals surface area contributed by atoms with E-state index in [2.05, 4.69) is 81.6 Å². The zero-order chi connectivity index (χ0) is 18.4. The molecule has 0 spiro atoms. The Bertz CT molecular complexity index is 429. The Morgan fingerprint density at radius 2 is 1.88 bits per heavy atom. The van der Waals surface area contributed by atoms with Crippen LogP contribution in [0.4, 0.5) is 0 Å². The van der Waals surface area contributed by atoms with Crippen molar-refractivity contribution >= 4 is 30.9 Å². The number of aliphatic hydroxyl groups is 1. The summed E-state index contributed by atoms with van der Waals surface area (Å²) < 4.78 is 15.1. The highest BCUT2D eigenvalue weighted by Crippen LogP contribution is 2.39. The predicted molar refractivity (Wildman–Crippen MR) is 113 cm³/mol. The summed E-state index contributed by atoms with van der Waals surface area (Å²) in [6.45, 7) is 13.5. The van der Waals surface area contributed by atoms with Crippen molar-refractivity contribution in [1.82, 2.24) is 0 Å². The lowest BCUT2D eigenvalue weighted by molar-refractivity contribution is -0.109. The van der Waals surface area contributed by atoms with Crippen LogP contribution in [0.2, 0.25) is 18.1 Å². The lowest BCUT2D eigenvalue weighted by Crippen LogP contribution is -2.48. The maximum absolute atomic E-state index is 10.4. The summed E-state index contributed by atoms with van der Waals surface area (Å²) in [5, 5.41) is 10.5. The number of ether oxygens (including phenoxy) is 1. The van der Waals surface area contributed by atoms with Crippen molar-refractivity contribution in [2.24, 2.45) is 0 Å². The maximum Gasteiger partial charge on any atom is 0.192 e. The Labute approximate surface area is 163 Å². The van der Waals surface area contributed by atoms with Gasteiger partial charge in [0.15, 0.2) is 8.32 Å². The lowest BCUT2D eigenvalue weighted by Gasteiger charge is -2.41. The lowest BCUT2D eigenvalue weighted by atomic mass is 10.1. The Balaban J connectivity index is 3.05. The number of aliphatic hydroxyl groups excluding tert-OH is 1. The Kier molecular flexibility index (Phi) is 9.18. The van der Waals surface area contributed by atoms with Crippen LogP contribution < -0.4 is 0 Å². The summed E-state index contributed by atoms with van der Waals surface area (Å²) >= 11 is 2.24. The van der Waals surface area contributed by atoms with E-state index in [1.807, 2.05) is 4.08 Å². The first-order chi connectivity index (χ1) is 11.1. The molecule has 1 N–H and O–H groups in total. The van der Waals surface area contributed by atoms with E-state index in [1.54, 1.807) is 0 Å². The van der Waals surface area contributed by atoms with Crippen LogP contribution in [0, 0.1) is 0 Å². The molecule has 0 unspecified atom stereocenters.